The van der Waals surface area contributed by atoms with Crippen molar-refractivity contribution in [2.24, 2.45) is 0 Å². The van der Waals surface area contributed by atoms with Crippen molar-refractivity contribution in [3.8, 4) is 0 Å². The summed E-state index contributed by atoms with van der Waals surface area (Å²) in [7, 11) is -3.21. The number of nitrogens with zero attached hydrogens (tertiary/aromatic N) is 4. The molecule has 2 aliphatic rings. The second kappa shape index (κ2) is 7.73. The fraction of sp³-hybridized carbons (Fsp3) is 0.429. The highest BCUT2D eigenvalue weighted by molar-refractivity contribution is 7.88. The molecule has 0 bridgehead atoms. The summed E-state index contributed by atoms with van der Waals surface area (Å²) >= 11 is 0. The SMILES string of the molecule is C[C@@H]1Cc2ncnc(C3=CCCN(S(C)(=O)=O)C3)c2CN1Cc1ccccc1. The summed E-state index contributed by atoms with van der Waals surface area (Å²) in [5, 5.41) is 0. The van der Waals surface area contributed by atoms with Crippen molar-refractivity contribution in [3.63, 3.8) is 0 Å². The van der Waals surface area contributed by atoms with Crippen molar-refractivity contribution in [1.82, 2.24) is 19.2 Å². The molecule has 0 saturated heterocycles. The highest BCUT2D eigenvalue weighted by Gasteiger charge is 2.29. The second-order valence-corrected chi connectivity index (χ2v) is 9.69. The van der Waals surface area contributed by atoms with Crippen molar-refractivity contribution in [1.29, 1.82) is 0 Å². The molecule has 0 amide bonds. The van der Waals surface area contributed by atoms with Crippen molar-refractivity contribution >= 4 is 15.6 Å². The zero-order valence-corrected chi connectivity index (χ0v) is 17.2. The fourth-order valence-electron chi connectivity index (χ4n) is 4.04. The van der Waals surface area contributed by atoms with E-state index in [1.165, 1.54) is 16.1 Å². The molecular weight excluding hydrogens is 372 g/mol. The Balaban J connectivity index is 1.63. The van der Waals surface area contributed by atoms with Crippen LogP contribution >= 0.6 is 0 Å². The number of hydrogen-bond donors (Lipinski definition) is 0. The van der Waals surface area contributed by atoms with Crippen LogP contribution in [0.4, 0.5) is 0 Å². The van der Waals surface area contributed by atoms with Gasteiger partial charge in [-0.1, -0.05) is 36.4 Å². The fourth-order valence-corrected chi connectivity index (χ4v) is 4.85. The van der Waals surface area contributed by atoms with E-state index in [0.29, 0.717) is 25.6 Å². The molecule has 1 atom stereocenters. The zero-order valence-electron chi connectivity index (χ0n) is 16.4. The van der Waals surface area contributed by atoms with E-state index in [1.54, 1.807) is 6.33 Å². The van der Waals surface area contributed by atoms with E-state index >= 15 is 0 Å². The first-order valence-corrected chi connectivity index (χ1v) is 11.5. The molecule has 0 aliphatic carbocycles. The lowest BCUT2D eigenvalue weighted by Gasteiger charge is -2.35. The minimum atomic E-state index is -3.21. The lowest BCUT2D eigenvalue weighted by Crippen LogP contribution is -2.39. The van der Waals surface area contributed by atoms with Gasteiger partial charge in [-0.15, -0.1) is 0 Å². The summed E-state index contributed by atoms with van der Waals surface area (Å²) in [4.78, 5) is 11.6. The Hall–Kier alpha value is -2.09. The summed E-state index contributed by atoms with van der Waals surface area (Å²) in [5.74, 6) is 0. The molecule has 0 spiro atoms. The number of benzene rings is 1. The number of aromatic nitrogens is 2. The molecule has 1 aromatic heterocycles. The first-order chi connectivity index (χ1) is 13.4. The van der Waals surface area contributed by atoms with E-state index in [0.717, 1.165) is 42.0 Å². The van der Waals surface area contributed by atoms with Crippen molar-refractivity contribution < 1.29 is 8.42 Å². The molecule has 3 heterocycles. The summed E-state index contributed by atoms with van der Waals surface area (Å²) < 4.78 is 25.5. The highest BCUT2D eigenvalue weighted by Crippen LogP contribution is 2.30. The monoisotopic (exact) mass is 398 g/mol. The Morgan fingerprint density at radius 3 is 2.68 bits per heavy atom. The molecule has 7 heteroatoms. The normalized spacial score (nSPS) is 21.2. The minimum Gasteiger partial charge on any atom is -0.292 e. The quantitative estimate of drug-likeness (QED) is 0.792. The number of rotatable bonds is 4. The molecule has 4 rings (SSSR count). The molecule has 0 saturated carbocycles. The number of fused-ring (bicyclic) bond motifs is 1. The Kier molecular flexibility index (Phi) is 5.31. The lowest BCUT2D eigenvalue weighted by atomic mass is 9.94. The smallest absolute Gasteiger partial charge is 0.211 e. The standard InChI is InChI=1S/C21H26N4O2S/c1-16-11-20-19(14-24(16)12-17-7-4-3-5-8-17)21(23-15-22-20)18-9-6-10-25(13-18)28(2,26)27/h3-5,7-9,15-16H,6,10-14H2,1-2H3/t16-/m1/s1. The summed E-state index contributed by atoms with van der Waals surface area (Å²) in [5.41, 5.74) is 5.40. The molecule has 148 valence electrons. The largest absolute Gasteiger partial charge is 0.292 e. The number of sulfonamides is 1. The second-order valence-electron chi connectivity index (χ2n) is 7.71. The van der Waals surface area contributed by atoms with Gasteiger partial charge in [0.05, 0.1) is 17.6 Å². The van der Waals surface area contributed by atoms with Crippen LogP contribution in [-0.2, 0) is 29.5 Å². The van der Waals surface area contributed by atoms with Gasteiger partial charge in [-0.2, -0.15) is 4.31 Å². The van der Waals surface area contributed by atoms with Crippen LogP contribution in [0.5, 0.6) is 0 Å². The van der Waals surface area contributed by atoms with Gasteiger partial charge in [0, 0.05) is 44.2 Å². The Morgan fingerprint density at radius 1 is 1.14 bits per heavy atom. The Labute approximate surface area is 167 Å². The zero-order chi connectivity index (χ0) is 19.7. The first kappa shape index (κ1) is 19.2. The van der Waals surface area contributed by atoms with Crippen LogP contribution in [-0.4, -0.2) is 53.0 Å². The molecule has 2 aromatic rings. The molecule has 0 unspecified atom stereocenters. The third kappa shape index (κ3) is 4.01. The van der Waals surface area contributed by atoms with E-state index in [4.69, 9.17) is 0 Å². The molecule has 28 heavy (non-hydrogen) atoms. The maximum atomic E-state index is 12.0. The average molecular weight is 399 g/mol. The van der Waals surface area contributed by atoms with Gasteiger partial charge < -0.3 is 0 Å². The summed E-state index contributed by atoms with van der Waals surface area (Å²) in [6, 6.07) is 10.9. The van der Waals surface area contributed by atoms with Crippen LogP contribution < -0.4 is 0 Å². The van der Waals surface area contributed by atoms with Crippen LogP contribution in [0.25, 0.3) is 5.57 Å². The van der Waals surface area contributed by atoms with Gasteiger partial charge in [-0.05, 0) is 24.5 Å². The molecule has 0 radical (unpaired) electrons. The van der Waals surface area contributed by atoms with Gasteiger partial charge in [0.25, 0.3) is 0 Å². The topological polar surface area (TPSA) is 66.4 Å². The first-order valence-electron chi connectivity index (χ1n) is 9.67. The third-order valence-electron chi connectivity index (χ3n) is 5.63. The van der Waals surface area contributed by atoms with Crippen molar-refractivity contribution in [2.45, 2.75) is 38.9 Å². The average Bonchev–Trinajstić information content (AvgIpc) is 2.68. The van der Waals surface area contributed by atoms with E-state index < -0.39 is 10.0 Å². The van der Waals surface area contributed by atoms with Gasteiger partial charge in [0.1, 0.15) is 6.33 Å². The van der Waals surface area contributed by atoms with Gasteiger partial charge >= 0.3 is 0 Å². The lowest BCUT2D eigenvalue weighted by molar-refractivity contribution is 0.172. The van der Waals surface area contributed by atoms with E-state index in [-0.39, 0.29) is 0 Å². The molecule has 1 aromatic carbocycles. The van der Waals surface area contributed by atoms with Crippen LogP contribution in [0.3, 0.4) is 0 Å². The van der Waals surface area contributed by atoms with Gasteiger partial charge in [-0.25, -0.2) is 18.4 Å². The van der Waals surface area contributed by atoms with Crippen LogP contribution in [0.15, 0.2) is 42.7 Å². The molecular formula is C21H26N4O2S. The predicted octanol–water partition coefficient (Wildman–Crippen LogP) is 2.47. The predicted molar refractivity (Wildman–Crippen MR) is 110 cm³/mol. The van der Waals surface area contributed by atoms with Crippen molar-refractivity contribution in [2.75, 3.05) is 19.3 Å². The van der Waals surface area contributed by atoms with Gasteiger partial charge in [-0.3, -0.25) is 4.90 Å². The van der Waals surface area contributed by atoms with Crippen LogP contribution in [0, 0.1) is 0 Å². The molecule has 0 fully saturated rings. The van der Waals surface area contributed by atoms with E-state index in [2.05, 4.69) is 52.1 Å². The Morgan fingerprint density at radius 2 is 1.93 bits per heavy atom. The molecule has 0 N–H and O–H groups in total. The summed E-state index contributed by atoms with van der Waals surface area (Å²) in [6.45, 7) is 4.81. The van der Waals surface area contributed by atoms with Crippen LogP contribution in [0.2, 0.25) is 0 Å². The highest BCUT2D eigenvalue weighted by atomic mass is 32.2. The maximum absolute atomic E-state index is 12.0. The van der Waals surface area contributed by atoms with Crippen molar-refractivity contribution in [3.05, 3.63) is 65.2 Å². The van der Waals surface area contributed by atoms with Crippen LogP contribution in [0.1, 0.15) is 35.9 Å². The van der Waals surface area contributed by atoms with E-state index in [9.17, 15) is 8.42 Å². The Bertz CT molecular complexity index is 989. The third-order valence-corrected chi connectivity index (χ3v) is 6.88. The molecule has 2 aliphatic heterocycles. The number of hydrogen-bond acceptors (Lipinski definition) is 5. The van der Waals surface area contributed by atoms with E-state index in [1.807, 2.05) is 6.07 Å². The maximum Gasteiger partial charge on any atom is 0.211 e. The minimum absolute atomic E-state index is 0.385. The summed E-state index contributed by atoms with van der Waals surface area (Å²) in [6.07, 6.45) is 6.61. The van der Waals surface area contributed by atoms with Gasteiger partial charge in [0.15, 0.2) is 0 Å². The molecule has 6 nitrogen and oxygen atoms in total. The van der Waals surface area contributed by atoms with Gasteiger partial charge in [0.2, 0.25) is 10.0 Å².